The molecule has 1 aromatic carbocycles. The number of aromatic nitrogens is 6. The molecule has 1 N–H and O–H groups in total. The van der Waals surface area contributed by atoms with Gasteiger partial charge in [-0.25, -0.2) is 23.7 Å². The minimum absolute atomic E-state index is 0.282. The Morgan fingerprint density at radius 3 is 3.00 bits per heavy atom. The fraction of sp³-hybridized carbons (Fsp3) is 0.333. The summed E-state index contributed by atoms with van der Waals surface area (Å²) in [7, 11) is 0. The van der Waals surface area contributed by atoms with Crippen molar-refractivity contribution in [2.24, 2.45) is 0 Å². The molecule has 0 saturated carbocycles. The van der Waals surface area contributed by atoms with Crippen molar-refractivity contribution < 1.29 is 9.13 Å². The van der Waals surface area contributed by atoms with Crippen molar-refractivity contribution in [1.82, 2.24) is 34.8 Å². The number of ether oxygens (including phenoxy) is 1. The third kappa shape index (κ3) is 2.91. The summed E-state index contributed by atoms with van der Waals surface area (Å²) >= 11 is 0. The zero-order chi connectivity index (χ0) is 16.4. The number of para-hydroxylation sites is 1. The molecule has 0 unspecified atom stereocenters. The summed E-state index contributed by atoms with van der Waals surface area (Å²) in [6.07, 6.45) is 2.75. The van der Waals surface area contributed by atoms with E-state index in [9.17, 15) is 4.39 Å². The van der Waals surface area contributed by atoms with E-state index >= 15 is 0 Å². The van der Waals surface area contributed by atoms with Crippen LogP contribution in [-0.4, -0.2) is 49.2 Å². The van der Waals surface area contributed by atoms with Crippen molar-refractivity contribution >= 4 is 0 Å². The van der Waals surface area contributed by atoms with Crippen LogP contribution < -0.4 is 5.32 Å². The third-order valence-electron chi connectivity index (χ3n) is 3.74. The van der Waals surface area contributed by atoms with E-state index in [1.165, 1.54) is 17.1 Å². The van der Waals surface area contributed by atoms with Crippen LogP contribution in [-0.2, 0) is 11.3 Å². The average molecular weight is 329 g/mol. The average Bonchev–Trinajstić information content (AvgIpc) is 3.26. The highest BCUT2D eigenvalue weighted by Gasteiger charge is 2.25. The monoisotopic (exact) mass is 329 g/mol. The van der Waals surface area contributed by atoms with Gasteiger partial charge in [0.25, 0.3) is 0 Å². The first-order chi connectivity index (χ1) is 11.8. The molecule has 24 heavy (non-hydrogen) atoms. The molecule has 1 aliphatic heterocycles. The Kier molecular flexibility index (Phi) is 4.01. The van der Waals surface area contributed by atoms with Gasteiger partial charge < -0.3 is 10.1 Å². The summed E-state index contributed by atoms with van der Waals surface area (Å²) in [6, 6.07) is 6.48. The number of hydrogen-bond acceptors (Lipinski definition) is 6. The van der Waals surface area contributed by atoms with Crippen LogP contribution in [0, 0.1) is 5.82 Å². The quantitative estimate of drug-likeness (QED) is 0.759. The van der Waals surface area contributed by atoms with E-state index in [0.717, 1.165) is 6.54 Å². The Morgan fingerprint density at radius 2 is 2.25 bits per heavy atom. The Hall–Kier alpha value is -2.65. The highest BCUT2D eigenvalue weighted by molar-refractivity contribution is 5.33. The summed E-state index contributed by atoms with van der Waals surface area (Å²) in [5.41, 5.74) is 0.346. The highest BCUT2D eigenvalue weighted by atomic mass is 19.1. The molecule has 2 aromatic heterocycles. The van der Waals surface area contributed by atoms with Crippen molar-refractivity contribution in [3.05, 3.63) is 54.4 Å². The number of halogens is 1. The van der Waals surface area contributed by atoms with E-state index in [2.05, 4.69) is 25.5 Å². The Balaban J connectivity index is 1.74. The molecule has 0 spiro atoms. The van der Waals surface area contributed by atoms with Crippen LogP contribution in [0.4, 0.5) is 4.39 Å². The molecule has 3 aromatic rings. The van der Waals surface area contributed by atoms with Crippen LogP contribution in [0.3, 0.4) is 0 Å². The van der Waals surface area contributed by atoms with Gasteiger partial charge in [0.15, 0.2) is 11.6 Å². The molecule has 124 valence electrons. The second-order valence-corrected chi connectivity index (χ2v) is 5.41. The van der Waals surface area contributed by atoms with Crippen molar-refractivity contribution in [2.45, 2.75) is 12.6 Å². The zero-order valence-corrected chi connectivity index (χ0v) is 12.8. The highest BCUT2D eigenvalue weighted by Crippen LogP contribution is 2.22. The predicted molar refractivity (Wildman–Crippen MR) is 82.0 cm³/mol. The van der Waals surface area contributed by atoms with Gasteiger partial charge in [0, 0.05) is 13.1 Å². The normalized spacial score (nSPS) is 18.0. The maximum Gasteiger partial charge on any atom is 0.172 e. The maximum absolute atomic E-state index is 14.2. The molecule has 0 amide bonds. The van der Waals surface area contributed by atoms with Crippen LogP contribution in [0.1, 0.15) is 17.8 Å². The van der Waals surface area contributed by atoms with Crippen LogP contribution in [0.2, 0.25) is 0 Å². The smallest absolute Gasteiger partial charge is 0.172 e. The molecule has 9 heteroatoms. The molecule has 1 aliphatic rings. The molecule has 1 fully saturated rings. The lowest BCUT2D eigenvalue weighted by molar-refractivity contribution is 0.0207. The van der Waals surface area contributed by atoms with Crippen molar-refractivity contribution in [3.8, 4) is 5.69 Å². The van der Waals surface area contributed by atoms with E-state index in [4.69, 9.17) is 4.74 Å². The van der Waals surface area contributed by atoms with E-state index in [1.54, 1.807) is 29.2 Å². The lowest BCUT2D eigenvalue weighted by atomic mass is 10.2. The molecule has 4 rings (SSSR count). The van der Waals surface area contributed by atoms with Crippen LogP contribution in [0.25, 0.3) is 5.69 Å². The van der Waals surface area contributed by atoms with Gasteiger partial charge in [0.2, 0.25) is 0 Å². The predicted octanol–water partition coefficient (Wildman–Crippen LogP) is 0.707. The first-order valence-electron chi connectivity index (χ1n) is 7.67. The molecule has 1 saturated heterocycles. The maximum atomic E-state index is 14.2. The second kappa shape index (κ2) is 6.46. The van der Waals surface area contributed by atoms with Crippen LogP contribution >= 0.6 is 0 Å². The van der Waals surface area contributed by atoms with Gasteiger partial charge in [-0.3, -0.25) is 0 Å². The number of morpholine rings is 1. The van der Waals surface area contributed by atoms with E-state index in [-0.39, 0.29) is 11.9 Å². The summed E-state index contributed by atoms with van der Waals surface area (Å²) in [4.78, 5) is 8.46. The topological polar surface area (TPSA) is 82.7 Å². The first kappa shape index (κ1) is 14.9. The second-order valence-electron chi connectivity index (χ2n) is 5.41. The summed E-state index contributed by atoms with van der Waals surface area (Å²) in [6.45, 7) is 2.33. The largest absolute Gasteiger partial charge is 0.368 e. The number of benzene rings is 1. The van der Waals surface area contributed by atoms with Gasteiger partial charge in [0.1, 0.15) is 36.8 Å². The van der Waals surface area contributed by atoms with Gasteiger partial charge >= 0.3 is 0 Å². The molecule has 0 aliphatic carbocycles. The van der Waals surface area contributed by atoms with E-state index in [1.807, 2.05) is 0 Å². The van der Waals surface area contributed by atoms with Crippen molar-refractivity contribution in [2.75, 3.05) is 19.7 Å². The Morgan fingerprint density at radius 1 is 1.33 bits per heavy atom. The summed E-state index contributed by atoms with van der Waals surface area (Å²) in [5.74, 6) is 0.732. The molecule has 0 radical (unpaired) electrons. The molecule has 3 heterocycles. The number of nitrogens with one attached hydrogen (secondary N) is 1. The number of rotatable bonds is 4. The van der Waals surface area contributed by atoms with Gasteiger partial charge in [-0.1, -0.05) is 12.1 Å². The van der Waals surface area contributed by atoms with Crippen LogP contribution in [0.5, 0.6) is 0 Å². The zero-order valence-electron chi connectivity index (χ0n) is 12.8. The Labute approximate surface area is 137 Å². The molecular formula is C15H16FN7O. The Bertz CT molecular complexity index is 811. The fourth-order valence-electron chi connectivity index (χ4n) is 2.64. The lowest BCUT2D eigenvalue weighted by Gasteiger charge is -2.23. The number of hydrogen-bond donors (Lipinski definition) is 1. The van der Waals surface area contributed by atoms with Crippen LogP contribution in [0.15, 0.2) is 36.9 Å². The SMILES string of the molecule is Fc1ccccc1-n1nc(Cn2cncn2)nc1[C@@H]1CNCCO1. The molecule has 8 nitrogen and oxygen atoms in total. The molecule has 1 atom stereocenters. The molecule has 0 bridgehead atoms. The van der Waals surface area contributed by atoms with Crippen molar-refractivity contribution in [1.29, 1.82) is 0 Å². The third-order valence-corrected chi connectivity index (χ3v) is 3.74. The van der Waals surface area contributed by atoms with E-state index in [0.29, 0.717) is 37.0 Å². The summed E-state index contributed by atoms with van der Waals surface area (Å²) in [5, 5.41) is 11.8. The standard InChI is InChI=1S/C15H16FN7O/c16-11-3-1-2-4-12(11)23-15(13-7-17-5-6-24-13)20-14(21-23)8-22-10-18-9-19-22/h1-4,9-10,13,17H,5-8H2/t13-/m0/s1. The van der Waals surface area contributed by atoms with Gasteiger partial charge in [0.05, 0.1) is 6.61 Å². The van der Waals surface area contributed by atoms with Gasteiger partial charge in [-0.05, 0) is 12.1 Å². The van der Waals surface area contributed by atoms with Gasteiger partial charge in [-0.15, -0.1) is 5.10 Å². The number of nitrogens with zero attached hydrogens (tertiary/aromatic N) is 6. The minimum atomic E-state index is -0.361. The lowest BCUT2D eigenvalue weighted by Crippen LogP contribution is -2.34. The summed E-state index contributed by atoms with van der Waals surface area (Å²) < 4.78 is 23.1. The minimum Gasteiger partial charge on any atom is -0.368 e. The fourth-order valence-corrected chi connectivity index (χ4v) is 2.64. The first-order valence-corrected chi connectivity index (χ1v) is 7.67. The molecular weight excluding hydrogens is 313 g/mol. The van der Waals surface area contributed by atoms with Gasteiger partial charge in [-0.2, -0.15) is 5.10 Å². The van der Waals surface area contributed by atoms with E-state index < -0.39 is 0 Å². The van der Waals surface area contributed by atoms with Crippen molar-refractivity contribution in [3.63, 3.8) is 0 Å².